The zero-order valence-electron chi connectivity index (χ0n) is 13.2. The molecule has 2 aromatic heterocycles. The maximum Gasteiger partial charge on any atom is 0.262 e. The number of hydrogen-bond acceptors (Lipinski definition) is 4. The molecule has 118 valence electrons. The number of rotatable bonds is 5. The molecule has 0 saturated heterocycles. The highest BCUT2D eigenvalue weighted by Crippen LogP contribution is 2.36. The average molecular weight is 319 g/mol. The Hall–Kier alpha value is -1.69. The van der Waals surface area contributed by atoms with Crippen LogP contribution in [-0.4, -0.2) is 22.0 Å². The van der Waals surface area contributed by atoms with Crippen LogP contribution in [0.3, 0.4) is 0 Å². The molecule has 22 heavy (non-hydrogen) atoms. The minimum Gasteiger partial charge on any atom is -0.356 e. The lowest BCUT2D eigenvalue weighted by molar-refractivity contribution is -0.121. The van der Waals surface area contributed by atoms with Crippen LogP contribution in [0.5, 0.6) is 0 Å². The van der Waals surface area contributed by atoms with Crippen molar-refractivity contribution in [1.29, 1.82) is 0 Å². The summed E-state index contributed by atoms with van der Waals surface area (Å²) in [5.41, 5.74) is 0.953. The Kier molecular flexibility index (Phi) is 4.04. The molecule has 1 fully saturated rings. The van der Waals surface area contributed by atoms with Crippen molar-refractivity contribution in [3.63, 3.8) is 0 Å². The van der Waals surface area contributed by atoms with Gasteiger partial charge in [0, 0.05) is 24.4 Å². The Labute approximate surface area is 133 Å². The molecule has 0 spiro atoms. The van der Waals surface area contributed by atoms with Gasteiger partial charge in [0.15, 0.2) is 0 Å². The molecule has 2 atom stereocenters. The zero-order chi connectivity index (χ0) is 15.9. The summed E-state index contributed by atoms with van der Waals surface area (Å²) in [7, 11) is 0. The molecule has 0 bridgehead atoms. The second-order valence-corrected chi connectivity index (χ2v) is 7.44. The number of nitrogens with one attached hydrogen (secondary N) is 1. The standard InChI is InChI=1S/C16H21N3O2S/c1-9-6-12(9)7-17-13(20)4-5-19-8-18-15-14(16(19)21)10(2)11(3)22-15/h8-9,12H,4-7H2,1-3H3,(H,17,20)/t9-,12+/m0/s1. The number of carbonyl (C=O) groups is 1. The summed E-state index contributed by atoms with van der Waals surface area (Å²) in [6.45, 7) is 7.28. The SMILES string of the molecule is Cc1sc2ncn(CCC(=O)NC[C@H]3C[C@@H]3C)c(=O)c2c1C. The number of thiophene rings is 1. The first-order valence-corrected chi connectivity index (χ1v) is 8.51. The van der Waals surface area contributed by atoms with Crippen LogP contribution in [-0.2, 0) is 11.3 Å². The summed E-state index contributed by atoms with van der Waals surface area (Å²) in [4.78, 5) is 30.6. The maximum absolute atomic E-state index is 12.5. The van der Waals surface area contributed by atoms with Crippen molar-refractivity contribution in [2.24, 2.45) is 11.8 Å². The molecule has 2 aromatic rings. The van der Waals surface area contributed by atoms with Crippen LogP contribution < -0.4 is 10.9 Å². The van der Waals surface area contributed by atoms with Gasteiger partial charge in [0.25, 0.3) is 5.56 Å². The zero-order valence-corrected chi connectivity index (χ0v) is 14.0. The fourth-order valence-electron chi connectivity index (χ4n) is 2.67. The smallest absolute Gasteiger partial charge is 0.262 e. The molecule has 6 heteroatoms. The van der Waals surface area contributed by atoms with Gasteiger partial charge in [-0.2, -0.15) is 0 Å². The molecule has 2 heterocycles. The van der Waals surface area contributed by atoms with Crippen molar-refractivity contribution in [3.05, 3.63) is 27.1 Å². The lowest BCUT2D eigenvalue weighted by atomic mass is 10.2. The Morgan fingerprint density at radius 1 is 1.50 bits per heavy atom. The molecule has 1 amide bonds. The number of aryl methyl sites for hydroxylation is 3. The van der Waals surface area contributed by atoms with Gasteiger partial charge in [-0.1, -0.05) is 6.92 Å². The molecule has 5 nitrogen and oxygen atoms in total. The molecular formula is C16H21N3O2S. The number of aromatic nitrogens is 2. The van der Waals surface area contributed by atoms with Gasteiger partial charge < -0.3 is 5.32 Å². The van der Waals surface area contributed by atoms with Crippen molar-refractivity contribution < 1.29 is 4.79 Å². The first-order valence-electron chi connectivity index (χ1n) is 7.69. The molecular weight excluding hydrogens is 298 g/mol. The van der Waals surface area contributed by atoms with Crippen LogP contribution in [0.4, 0.5) is 0 Å². The van der Waals surface area contributed by atoms with Crippen molar-refractivity contribution in [2.45, 2.75) is 40.2 Å². The van der Waals surface area contributed by atoms with E-state index in [1.165, 1.54) is 6.42 Å². The average Bonchev–Trinajstić information content (AvgIpc) is 3.11. The second-order valence-electron chi connectivity index (χ2n) is 6.23. The Morgan fingerprint density at radius 2 is 2.23 bits per heavy atom. The van der Waals surface area contributed by atoms with E-state index in [4.69, 9.17) is 0 Å². The van der Waals surface area contributed by atoms with Gasteiger partial charge in [-0.05, 0) is 37.7 Å². The maximum atomic E-state index is 12.5. The minimum absolute atomic E-state index is 0.00400. The number of nitrogens with zero attached hydrogens (tertiary/aromatic N) is 2. The Balaban J connectivity index is 1.66. The normalized spacial score (nSPS) is 20.3. The van der Waals surface area contributed by atoms with E-state index in [0.29, 0.717) is 24.3 Å². The van der Waals surface area contributed by atoms with Crippen molar-refractivity contribution >= 4 is 27.5 Å². The summed E-state index contributed by atoms with van der Waals surface area (Å²) < 4.78 is 1.54. The summed E-state index contributed by atoms with van der Waals surface area (Å²) >= 11 is 1.54. The molecule has 1 aliphatic carbocycles. The van der Waals surface area contributed by atoms with Gasteiger partial charge >= 0.3 is 0 Å². The predicted molar refractivity (Wildman–Crippen MR) is 88.3 cm³/mol. The van der Waals surface area contributed by atoms with Gasteiger partial charge in [0.05, 0.1) is 11.7 Å². The van der Waals surface area contributed by atoms with Gasteiger partial charge in [-0.25, -0.2) is 4.98 Å². The molecule has 0 aliphatic heterocycles. The van der Waals surface area contributed by atoms with E-state index in [0.717, 1.165) is 27.7 Å². The van der Waals surface area contributed by atoms with Crippen LogP contribution in [0.15, 0.2) is 11.1 Å². The predicted octanol–water partition coefficient (Wildman–Crippen LogP) is 2.24. The third-order valence-electron chi connectivity index (χ3n) is 4.57. The van der Waals surface area contributed by atoms with Gasteiger partial charge in [0.2, 0.25) is 5.91 Å². The van der Waals surface area contributed by atoms with E-state index in [-0.39, 0.29) is 11.5 Å². The van der Waals surface area contributed by atoms with Crippen LogP contribution in [0, 0.1) is 25.7 Å². The largest absolute Gasteiger partial charge is 0.356 e. The minimum atomic E-state index is -0.0459. The summed E-state index contributed by atoms with van der Waals surface area (Å²) in [6, 6.07) is 0. The van der Waals surface area contributed by atoms with E-state index in [1.807, 2.05) is 13.8 Å². The number of carbonyl (C=O) groups excluding carboxylic acids is 1. The van der Waals surface area contributed by atoms with E-state index < -0.39 is 0 Å². The molecule has 0 unspecified atom stereocenters. The molecule has 0 radical (unpaired) electrons. The first kappa shape index (κ1) is 15.2. The Bertz CT molecular complexity index is 778. The third kappa shape index (κ3) is 2.92. The monoisotopic (exact) mass is 319 g/mol. The molecule has 1 N–H and O–H groups in total. The van der Waals surface area contributed by atoms with Crippen LogP contribution in [0.1, 0.15) is 30.2 Å². The molecule has 1 saturated carbocycles. The highest BCUT2D eigenvalue weighted by Gasteiger charge is 2.32. The first-order chi connectivity index (χ1) is 10.5. The highest BCUT2D eigenvalue weighted by atomic mass is 32.1. The van der Waals surface area contributed by atoms with E-state index >= 15 is 0 Å². The molecule has 0 aromatic carbocycles. The lowest BCUT2D eigenvalue weighted by Gasteiger charge is -2.07. The Morgan fingerprint density at radius 3 is 2.91 bits per heavy atom. The fourth-order valence-corrected chi connectivity index (χ4v) is 3.66. The van der Waals surface area contributed by atoms with Crippen LogP contribution in [0.2, 0.25) is 0 Å². The van der Waals surface area contributed by atoms with E-state index in [9.17, 15) is 9.59 Å². The summed E-state index contributed by atoms with van der Waals surface area (Å²) in [5, 5.41) is 3.64. The summed E-state index contributed by atoms with van der Waals surface area (Å²) in [5.74, 6) is 1.38. The van der Waals surface area contributed by atoms with E-state index in [1.54, 1.807) is 22.2 Å². The van der Waals surface area contributed by atoms with Gasteiger partial charge in [-0.3, -0.25) is 14.2 Å². The number of fused-ring (bicyclic) bond motifs is 1. The van der Waals surface area contributed by atoms with Gasteiger partial charge in [0.1, 0.15) is 4.83 Å². The van der Waals surface area contributed by atoms with Crippen molar-refractivity contribution in [2.75, 3.05) is 6.54 Å². The van der Waals surface area contributed by atoms with Gasteiger partial charge in [-0.15, -0.1) is 11.3 Å². The molecule has 1 aliphatic rings. The summed E-state index contributed by atoms with van der Waals surface area (Å²) in [6.07, 6.45) is 3.07. The number of hydrogen-bond donors (Lipinski definition) is 1. The second kappa shape index (κ2) is 5.83. The highest BCUT2D eigenvalue weighted by molar-refractivity contribution is 7.18. The van der Waals surface area contributed by atoms with E-state index in [2.05, 4.69) is 17.2 Å². The van der Waals surface area contributed by atoms with Crippen LogP contribution >= 0.6 is 11.3 Å². The van der Waals surface area contributed by atoms with Crippen molar-refractivity contribution in [1.82, 2.24) is 14.9 Å². The number of amides is 1. The fraction of sp³-hybridized carbons (Fsp3) is 0.562. The van der Waals surface area contributed by atoms with Crippen LogP contribution in [0.25, 0.3) is 10.2 Å². The molecule has 3 rings (SSSR count). The quantitative estimate of drug-likeness (QED) is 0.919. The lowest BCUT2D eigenvalue weighted by Crippen LogP contribution is -2.29. The third-order valence-corrected chi connectivity index (χ3v) is 5.69. The topological polar surface area (TPSA) is 64.0 Å². The van der Waals surface area contributed by atoms with Crippen molar-refractivity contribution in [3.8, 4) is 0 Å².